The second-order valence-electron chi connectivity index (χ2n) is 5.92. The van der Waals surface area contributed by atoms with E-state index in [2.05, 4.69) is 27.4 Å². The van der Waals surface area contributed by atoms with Crippen molar-refractivity contribution in [3.8, 4) is 0 Å². The van der Waals surface area contributed by atoms with Crippen LogP contribution in [0.3, 0.4) is 0 Å². The van der Waals surface area contributed by atoms with Crippen LogP contribution in [-0.4, -0.2) is 33.6 Å². The maximum atomic E-state index is 11.4. The highest BCUT2D eigenvalue weighted by Crippen LogP contribution is 2.42. The summed E-state index contributed by atoms with van der Waals surface area (Å²) in [7, 11) is 0. The molecule has 1 heterocycles. The number of aliphatic carboxylic acids is 1. The number of nitrogens with zero attached hydrogens (tertiary/aromatic N) is 1. The summed E-state index contributed by atoms with van der Waals surface area (Å²) in [5.41, 5.74) is -0.262. The third kappa shape index (κ3) is 3.21. The molecule has 21 heavy (non-hydrogen) atoms. The number of carboxylic acids is 1. The van der Waals surface area contributed by atoms with Crippen LogP contribution in [0.5, 0.6) is 0 Å². The number of nitrogens with one attached hydrogen (secondary N) is 2. The Morgan fingerprint density at radius 2 is 2.33 bits per heavy atom. The normalized spacial score (nSPS) is 27.9. The first-order valence-corrected chi connectivity index (χ1v) is 7.30. The molecular formula is C15H19N3O3. The van der Waals surface area contributed by atoms with Crippen LogP contribution in [0.2, 0.25) is 0 Å². The number of rotatable bonds is 6. The van der Waals surface area contributed by atoms with E-state index in [-0.39, 0.29) is 12.0 Å². The number of fused-ring (bicyclic) bond motifs is 2. The minimum Gasteiger partial charge on any atom is -0.480 e. The molecule has 1 aromatic rings. The highest BCUT2D eigenvalue weighted by molar-refractivity contribution is 5.73. The Kier molecular flexibility index (Phi) is 3.88. The third-order valence-corrected chi connectivity index (χ3v) is 4.46. The molecule has 1 fully saturated rings. The smallest absolute Gasteiger partial charge is 0.321 e. The van der Waals surface area contributed by atoms with Gasteiger partial charge in [0.15, 0.2) is 0 Å². The summed E-state index contributed by atoms with van der Waals surface area (Å²) >= 11 is 0. The number of allylic oxidation sites excluding steroid dienone is 2. The second-order valence-corrected chi connectivity index (χ2v) is 5.92. The van der Waals surface area contributed by atoms with E-state index >= 15 is 0 Å². The Labute approximate surface area is 122 Å². The van der Waals surface area contributed by atoms with E-state index in [0.717, 1.165) is 6.42 Å². The molecule has 6 nitrogen and oxygen atoms in total. The Hall–Kier alpha value is -1.95. The molecule has 112 valence electrons. The molecule has 3 rings (SSSR count). The standard InChI is InChI=1S/C15H19N3O3/c19-14-3-4-16-13(18-14)7-12(15(20)21)17-8-11-6-9-1-2-10(11)5-9/h1-4,9-12,17H,5-8H2,(H,20,21)(H,16,18,19). The van der Waals surface area contributed by atoms with Crippen LogP contribution in [0.1, 0.15) is 18.7 Å². The summed E-state index contributed by atoms with van der Waals surface area (Å²) in [5, 5.41) is 12.4. The van der Waals surface area contributed by atoms with Crippen LogP contribution < -0.4 is 10.9 Å². The molecule has 4 atom stereocenters. The molecule has 0 amide bonds. The van der Waals surface area contributed by atoms with Crippen molar-refractivity contribution in [2.75, 3.05) is 6.54 Å². The highest BCUT2D eigenvalue weighted by atomic mass is 16.4. The lowest BCUT2D eigenvalue weighted by Crippen LogP contribution is -2.42. The number of H-pyrrole nitrogens is 1. The fraction of sp³-hybridized carbons (Fsp3) is 0.533. The molecule has 0 radical (unpaired) electrons. The summed E-state index contributed by atoms with van der Waals surface area (Å²) in [6.45, 7) is 0.694. The third-order valence-electron chi connectivity index (χ3n) is 4.46. The van der Waals surface area contributed by atoms with E-state index in [1.807, 2.05) is 0 Å². The number of hydrogen-bond acceptors (Lipinski definition) is 4. The first kappa shape index (κ1) is 14.0. The average Bonchev–Trinajstić information content (AvgIpc) is 3.05. The number of carbonyl (C=O) groups is 1. The van der Waals surface area contributed by atoms with Gasteiger partial charge in [0.25, 0.3) is 5.56 Å². The van der Waals surface area contributed by atoms with E-state index in [0.29, 0.717) is 30.1 Å². The molecule has 0 aliphatic heterocycles. The van der Waals surface area contributed by atoms with Gasteiger partial charge in [0, 0.05) is 18.7 Å². The molecule has 4 unspecified atom stereocenters. The molecule has 0 aromatic carbocycles. The first-order valence-electron chi connectivity index (χ1n) is 7.30. The van der Waals surface area contributed by atoms with Crippen LogP contribution in [0, 0.1) is 17.8 Å². The largest absolute Gasteiger partial charge is 0.480 e. The van der Waals surface area contributed by atoms with Gasteiger partial charge in [-0.05, 0) is 37.1 Å². The molecule has 1 saturated carbocycles. The average molecular weight is 289 g/mol. The van der Waals surface area contributed by atoms with Gasteiger partial charge in [-0.3, -0.25) is 9.59 Å². The van der Waals surface area contributed by atoms with Crippen LogP contribution >= 0.6 is 0 Å². The van der Waals surface area contributed by atoms with Gasteiger partial charge in [0.05, 0.1) is 0 Å². The van der Waals surface area contributed by atoms with Crippen molar-refractivity contribution in [2.24, 2.45) is 17.8 Å². The van der Waals surface area contributed by atoms with E-state index < -0.39 is 12.0 Å². The van der Waals surface area contributed by atoms with Crippen molar-refractivity contribution in [1.82, 2.24) is 15.3 Å². The lowest BCUT2D eigenvalue weighted by atomic mass is 9.93. The van der Waals surface area contributed by atoms with Crippen LogP contribution in [0.25, 0.3) is 0 Å². The Bertz CT molecular complexity index is 610. The van der Waals surface area contributed by atoms with Gasteiger partial charge in [-0.2, -0.15) is 0 Å². The zero-order chi connectivity index (χ0) is 14.8. The van der Waals surface area contributed by atoms with E-state index in [1.54, 1.807) is 0 Å². The highest BCUT2D eigenvalue weighted by Gasteiger charge is 2.35. The van der Waals surface area contributed by atoms with Crippen LogP contribution in [-0.2, 0) is 11.2 Å². The zero-order valence-corrected chi connectivity index (χ0v) is 11.7. The van der Waals surface area contributed by atoms with E-state index in [4.69, 9.17) is 0 Å². The molecule has 3 N–H and O–H groups in total. The number of carboxylic acid groups (broad SMARTS) is 1. The number of aromatic nitrogens is 2. The van der Waals surface area contributed by atoms with Gasteiger partial charge in [-0.1, -0.05) is 12.2 Å². The van der Waals surface area contributed by atoms with Crippen molar-refractivity contribution in [1.29, 1.82) is 0 Å². The maximum Gasteiger partial charge on any atom is 0.321 e. The molecular weight excluding hydrogens is 270 g/mol. The fourth-order valence-corrected chi connectivity index (χ4v) is 3.38. The number of hydrogen-bond donors (Lipinski definition) is 3. The predicted molar refractivity (Wildman–Crippen MR) is 76.8 cm³/mol. The van der Waals surface area contributed by atoms with Gasteiger partial charge in [0.1, 0.15) is 11.9 Å². The van der Waals surface area contributed by atoms with Gasteiger partial charge in [-0.25, -0.2) is 4.98 Å². The molecule has 2 aliphatic carbocycles. The Morgan fingerprint density at radius 1 is 1.48 bits per heavy atom. The fourth-order valence-electron chi connectivity index (χ4n) is 3.38. The Balaban J connectivity index is 1.59. The molecule has 2 aliphatic rings. The summed E-state index contributed by atoms with van der Waals surface area (Å²) in [6.07, 6.45) is 8.45. The van der Waals surface area contributed by atoms with Crippen LogP contribution in [0.4, 0.5) is 0 Å². The van der Waals surface area contributed by atoms with Gasteiger partial charge < -0.3 is 15.4 Å². The second kappa shape index (κ2) is 5.81. The molecule has 1 aromatic heterocycles. The molecule has 0 saturated heterocycles. The first-order chi connectivity index (χ1) is 10.1. The molecule has 2 bridgehead atoms. The van der Waals surface area contributed by atoms with Crippen molar-refractivity contribution >= 4 is 5.97 Å². The zero-order valence-electron chi connectivity index (χ0n) is 11.7. The van der Waals surface area contributed by atoms with Crippen molar-refractivity contribution in [3.05, 3.63) is 40.6 Å². The quantitative estimate of drug-likeness (QED) is 0.665. The van der Waals surface area contributed by atoms with E-state index in [9.17, 15) is 14.7 Å². The Morgan fingerprint density at radius 3 is 2.95 bits per heavy atom. The summed E-state index contributed by atoms with van der Waals surface area (Å²) < 4.78 is 0. The van der Waals surface area contributed by atoms with Crippen LogP contribution in [0.15, 0.2) is 29.2 Å². The monoisotopic (exact) mass is 289 g/mol. The van der Waals surface area contributed by atoms with Crippen molar-refractivity contribution in [2.45, 2.75) is 25.3 Å². The topological polar surface area (TPSA) is 95.1 Å². The summed E-state index contributed by atoms with van der Waals surface area (Å²) in [5.74, 6) is 1.27. The van der Waals surface area contributed by atoms with Crippen molar-refractivity contribution in [3.63, 3.8) is 0 Å². The lowest BCUT2D eigenvalue weighted by molar-refractivity contribution is -0.139. The molecule has 6 heteroatoms. The SMILES string of the molecule is O=C(O)C(Cc1nccc(=O)[nH]1)NCC1CC2C=CC1C2. The van der Waals surface area contributed by atoms with Gasteiger partial charge in [-0.15, -0.1) is 0 Å². The molecule has 0 spiro atoms. The van der Waals surface area contributed by atoms with Gasteiger partial charge in [0.2, 0.25) is 0 Å². The minimum atomic E-state index is -0.916. The van der Waals surface area contributed by atoms with E-state index in [1.165, 1.54) is 18.7 Å². The summed E-state index contributed by atoms with van der Waals surface area (Å²) in [4.78, 5) is 29.2. The lowest BCUT2D eigenvalue weighted by Gasteiger charge is -2.21. The summed E-state index contributed by atoms with van der Waals surface area (Å²) in [6, 6.07) is 0.590. The predicted octanol–water partition coefficient (Wildman–Crippen LogP) is 0.567. The van der Waals surface area contributed by atoms with Gasteiger partial charge >= 0.3 is 5.97 Å². The number of aromatic amines is 1. The minimum absolute atomic E-state index is 0.183. The maximum absolute atomic E-state index is 11.4. The van der Waals surface area contributed by atoms with Crippen molar-refractivity contribution < 1.29 is 9.90 Å².